The van der Waals surface area contributed by atoms with Gasteiger partial charge in [0, 0.05) is 25.8 Å². The first-order valence-electron chi connectivity index (χ1n) is 6.10. The van der Waals surface area contributed by atoms with Crippen LogP contribution in [-0.4, -0.2) is 33.7 Å². The second-order valence-corrected chi connectivity index (χ2v) is 4.38. The van der Waals surface area contributed by atoms with Gasteiger partial charge >= 0.3 is 0 Å². The fraction of sp³-hybridized carbons (Fsp3) is 0.750. The number of aliphatic hydroxyl groups is 1. The van der Waals surface area contributed by atoms with E-state index in [1.54, 1.807) is 0 Å². The van der Waals surface area contributed by atoms with Gasteiger partial charge in [0.15, 0.2) is 0 Å². The van der Waals surface area contributed by atoms with Crippen LogP contribution < -0.4 is 0 Å². The van der Waals surface area contributed by atoms with E-state index in [-0.39, 0.29) is 6.10 Å². The molecule has 0 saturated carbocycles. The van der Waals surface area contributed by atoms with Crippen molar-refractivity contribution >= 4 is 0 Å². The normalized spacial score (nSPS) is 23.2. The Bertz CT molecular complexity index is 319. The fourth-order valence-corrected chi connectivity index (χ4v) is 2.13. The van der Waals surface area contributed by atoms with Crippen LogP contribution in [0.5, 0.6) is 0 Å². The topological polar surface area (TPSA) is 47.3 Å². The molecule has 4 heteroatoms. The zero-order valence-corrected chi connectivity index (χ0v) is 9.80. The first kappa shape index (κ1) is 11.6. The molecule has 1 aliphatic heterocycles. The predicted octanol–water partition coefficient (Wildman–Crippen LogP) is 1.38. The van der Waals surface area contributed by atoms with Crippen LogP contribution in [0, 0.1) is 0 Å². The van der Waals surface area contributed by atoms with Gasteiger partial charge in [-0.05, 0) is 31.7 Å². The van der Waals surface area contributed by atoms with Crippen LogP contribution in [0.2, 0.25) is 0 Å². The van der Waals surface area contributed by atoms with Crippen molar-refractivity contribution in [2.24, 2.45) is 0 Å². The van der Waals surface area contributed by atoms with E-state index >= 15 is 0 Å². The van der Waals surface area contributed by atoms with Crippen LogP contribution in [0.4, 0.5) is 0 Å². The van der Waals surface area contributed by atoms with E-state index in [1.165, 1.54) is 0 Å². The molecule has 90 valence electrons. The summed E-state index contributed by atoms with van der Waals surface area (Å²) in [4.78, 5) is 0. The molecule has 0 aliphatic carbocycles. The SMILES string of the molecule is CCn1cc(CC(O)C2CCCCO2)cn1. The van der Waals surface area contributed by atoms with Gasteiger partial charge in [-0.15, -0.1) is 0 Å². The lowest BCUT2D eigenvalue weighted by molar-refractivity contribution is -0.0611. The minimum Gasteiger partial charge on any atom is -0.390 e. The minimum atomic E-state index is -0.394. The summed E-state index contributed by atoms with van der Waals surface area (Å²) in [5.41, 5.74) is 1.09. The second kappa shape index (κ2) is 5.46. The monoisotopic (exact) mass is 224 g/mol. The Morgan fingerprint density at radius 3 is 3.12 bits per heavy atom. The lowest BCUT2D eigenvalue weighted by Crippen LogP contribution is -2.33. The third-order valence-electron chi connectivity index (χ3n) is 3.10. The lowest BCUT2D eigenvalue weighted by atomic mass is 10.00. The van der Waals surface area contributed by atoms with Crippen molar-refractivity contribution in [1.82, 2.24) is 9.78 Å². The van der Waals surface area contributed by atoms with Crippen LogP contribution in [0.3, 0.4) is 0 Å². The molecular weight excluding hydrogens is 204 g/mol. The van der Waals surface area contributed by atoms with Gasteiger partial charge < -0.3 is 9.84 Å². The van der Waals surface area contributed by atoms with E-state index in [0.29, 0.717) is 6.42 Å². The van der Waals surface area contributed by atoms with Gasteiger partial charge in [0.2, 0.25) is 0 Å². The summed E-state index contributed by atoms with van der Waals surface area (Å²) in [5, 5.41) is 14.2. The summed E-state index contributed by atoms with van der Waals surface area (Å²) in [6.07, 6.45) is 7.34. The third-order valence-corrected chi connectivity index (χ3v) is 3.10. The molecule has 2 atom stereocenters. The molecule has 4 nitrogen and oxygen atoms in total. The van der Waals surface area contributed by atoms with Crippen LogP contribution in [0.15, 0.2) is 12.4 Å². The zero-order chi connectivity index (χ0) is 11.4. The van der Waals surface area contributed by atoms with Crippen molar-refractivity contribution < 1.29 is 9.84 Å². The number of nitrogens with zero attached hydrogens (tertiary/aromatic N) is 2. The van der Waals surface area contributed by atoms with E-state index in [9.17, 15) is 5.11 Å². The number of hydrogen-bond acceptors (Lipinski definition) is 3. The van der Waals surface area contributed by atoms with Gasteiger partial charge in [0.1, 0.15) is 0 Å². The fourth-order valence-electron chi connectivity index (χ4n) is 2.13. The number of aromatic nitrogens is 2. The quantitative estimate of drug-likeness (QED) is 0.840. The highest BCUT2D eigenvalue weighted by molar-refractivity contribution is 5.06. The molecule has 2 unspecified atom stereocenters. The second-order valence-electron chi connectivity index (χ2n) is 4.38. The minimum absolute atomic E-state index is 0.0127. The van der Waals surface area contributed by atoms with E-state index in [2.05, 4.69) is 12.0 Å². The standard InChI is InChI=1S/C12H20N2O2/c1-2-14-9-10(8-13-14)7-11(15)12-5-3-4-6-16-12/h8-9,11-12,15H,2-7H2,1H3. The van der Waals surface area contributed by atoms with Crippen molar-refractivity contribution in [1.29, 1.82) is 0 Å². The molecule has 0 amide bonds. The molecule has 16 heavy (non-hydrogen) atoms. The maximum atomic E-state index is 10.0. The Labute approximate surface area is 96.2 Å². The van der Waals surface area contributed by atoms with Crippen LogP contribution in [0.1, 0.15) is 31.7 Å². The Kier molecular flexibility index (Phi) is 3.96. The van der Waals surface area contributed by atoms with Gasteiger partial charge in [-0.1, -0.05) is 0 Å². The Morgan fingerprint density at radius 1 is 1.62 bits per heavy atom. The predicted molar refractivity (Wildman–Crippen MR) is 61.2 cm³/mol. The average molecular weight is 224 g/mol. The summed E-state index contributed by atoms with van der Waals surface area (Å²) in [7, 11) is 0. The van der Waals surface area contributed by atoms with E-state index < -0.39 is 6.10 Å². The highest BCUT2D eigenvalue weighted by atomic mass is 16.5. The molecule has 2 rings (SSSR count). The molecule has 1 fully saturated rings. The highest BCUT2D eigenvalue weighted by Crippen LogP contribution is 2.18. The van der Waals surface area contributed by atoms with Gasteiger partial charge in [-0.25, -0.2) is 0 Å². The van der Waals surface area contributed by atoms with Crippen molar-refractivity contribution in [3.8, 4) is 0 Å². The zero-order valence-electron chi connectivity index (χ0n) is 9.80. The first-order valence-corrected chi connectivity index (χ1v) is 6.10. The first-order chi connectivity index (χ1) is 7.79. The lowest BCUT2D eigenvalue weighted by Gasteiger charge is -2.26. The van der Waals surface area contributed by atoms with Crippen molar-refractivity contribution in [3.05, 3.63) is 18.0 Å². The van der Waals surface area contributed by atoms with Gasteiger partial charge in [-0.3, -0.25) is 4.68 Å². The highest BCUT2D eigenvalue weighted by Gasteiger charge is 2.22. The van der Waals surface area contributed by atoms with Gasteiger partial charge in [-0.2, -0.15) is 5.10 Å². The summed E-state index contributed by atoms with van der Waals surface area (Å²) < 4.78 is 7.45. The van der Waals surface area contributed by atoms with E-state index in [4.69, 9.17) is 4.74 Å². The number of hydrogen-bond donors (Lipinski definition) is 1. The molecule has 1 saturated heterocycles. The third kappa shape index (κ3) is 2.83. The molecule has 0 aromatic carbocycles. The molecular formula is C12H20N2O2. The molecule has 1 aromatic rings. The van der Waals surface area contributed by atoms with Crippen LogP contribution >= 0.6 is 0 Å². The maximum Gasteiger partial charge on any atom is 0.0843 e. The van der Waals surface area contributed by atoms with Crippen molar-refractivity contribution in [2.45, 2.75) is 51.4 Å². The van der Waals surface area contributed by atoms with Crippen LogP contribution in [0.25, 0.3) is 0 Å². The largest absolute Gasteiger partial charge is 0.390 e. The smallest absolute Gasteiger partial charge is 0.0843 e. The Balaban J connectivity index is 1.87. The summed E-state index contributed by atoms with van der Waals surface area (Å²) >= 11 is 0. The van der Waals surface area contributed by atoms with Gasteiger partial charge in [0.25, 0.3) is 0 Å². The molecule has 0 radical (unpaired) electrons. The number of ether oxygens (including phenoxy) is 1. The summed E-state index contributed by atoms with van der Waals surface area (Å²) in [6.45, 7) is 3.71. The van der Waals surface area contributed by atoms with Gasteiger partial charge in [0.05, 0.1) is 18.4 Å². The van der Waals surface area contributed by atoms with Crippen molar-refractivity contribution in [3.63, 3.8) is 0 Å². The average Bonchev–Trinajstić information content (AvgIpc) is 2.78. The Morgan fingerprint density at radius 2 is 2.50 bits per heavy atom. The molecule has 0 bridgehead atoms. The summed E-state index contributed by atoms with van der Waals surface area (Å²) in [6, 6.07) is 0. The van der Waals surface area contributed by atoms with E-state index in [1.807, 2.05) is 17.1 Å². The molecule has 2 heterocycles. The number of aryl methyl sites for hydroxylation is 1. The maximum absolute atomic E-state index is 10.0. The molecule has 0 spiro atoms. The summed E-state index contributed by atoms with van der Waals surface area (Å²) in [5.74, 6) is 0. The molecule has 1 aromatic heterocycles. The Hall–Kier alpha value is -0.870. The number of rotatable bonds is 4. The van der Waals surface area contributed by atoms with Crippen molar-refractivity contribution in [2.75, 3.05) is 6.61 Å². The molecule has 1 N–H and O–H groups in total. The van der Waals surface area contributed by atoms with Crippen LogP contribution in [-0.2, 0) is 17.7 Å². The number of aliphatic hydroxyl groups excluding tert-OH is 1. The van der Waals surface area contributed by atoms with E-state index in [0.717, 1.165) is 38.0 Å². The molecule has 1 aliphatic rings.